The maximum Gasteiger partial charge on any atom is 0.240 e. The van der Waals surface area contributed by atoms with Gasteiger partial charge in [-0.1, -0.05) is 0 Å². The maximum absolute atomic E-state index is 11.8. The van der Waals surface area contributed by atoms with Crippen LogP contribution in [0.25, 0.3) is 22.8 Å². The molecule has 0 aliphatic carbocycles. The normalized spacial score (nSPS) is 18.1. The van der Waals surface area contributed by atoms with Crippen LogP contribution in [0.2, 0.25) is 0 Å². The van der Waals surface area contributed by atoms with E-state index in [9.17, 15) is 4.79 Å². The van der Waals surface area contributed by atoms with E-state index in [-0.39, 0.29) is 18.0 Å². The van der Waals surface area contributed by atoms with Gasteiger partial charge < -0.3 is 19.9 Å². The fraction of sp³-hybridized carbons (Fsp3) is 0.429. The van der Waals surface area contributed by atoms with E-state index in [4.69, 9.17) is 15.5 Å². The summed E-state index contributed by atoms with van der Waals surface area (Å²) in [7, 11) is 0. The number of hydrogen-bond donors (Lipinski definition) is 1. The zero-order valence-corrected chi connectivity index (χ0v) is 17.2. The lowest BCUT2D eigenvalue weighted by Crippen LogP contribution is -2.40. The summed E-state index contributed by atoms with van der Waals surface area (Å²) in [6.45, 7) is 6.18. The van der Waals surface area contributed by atoms with Gasteiger partial charge in [0.25, 0.3) is 0 Å². The van der Waals surface area contributed by atoms with Crippen LogP contribution in [0.15, 0.2) is 30.7 Å². The lowest BCUT2D eigenvalue weighted by Gasteiger charge is -2.23. The number of aromatic nitrogens is 5. The molecule has 2 N–H and O–H groups in total. The molecule has 0 radical (unpaired) electrons. The van der Waals surface area contributed by atoms with Crippen molar-refractivity contribution in [2.45, 2.75) is 45.3 Å². The van der Waals surface area contributed by atoms with E-state index in [2.05, 4.69) is 28.5 Å². The summed E-state index contributed by atoms with van der Waals surface area (Å²) in [6, 6.07) is 3.82. The van der Waals surface area contributed by atoms with E-state index in [1.54, 1.807) is 12.4 Å². The number of fused-ring (bicyclic) bond motifs is 3. The minimum absolute atomic E-state index is 0.245. The molecule has 0 saturated carbocycles. The Morgan fingerprint density at radius 1 is 1.33 bits per heavy atom. The van der Waals surface area contributed by atoms with Gasteiger partial charge in [0, 0.05) is 37.2 Å². The van der Waals surface area contributed by atoms with Gasteiger partial charge >= 0.3 is 0 Å². The van der Waals surface area contributed by atoms with Crippen molar-refractivity contribution in [1.82, 2.24) is 24.3 Å². The van der Waals surface area contributed by atoms with Crippen LogP contribution in [0.4, 0.5) is 5.82 Å². The second-order valence-electron chi connectivity index (χ2n) is 8.04. The number of ether oxygens (including phenoxy) is 1. The number of rotatable bonds is 4. The van der Waals surface area contributed by atoms with Crippen molar-refractivity contribution in [2.75, 3.05) is 18.1 Å². The van der Waals surface area contributed by atoms with Crippen molar-refractivity contribution < 1.29 is 9.53 Å². The van der Waals surface area contributed by atoms with E-state index < -0.39 is 0 Å². The molecule has 0 aromatic carbocycles. The second kappa shape index (κ2) is 7.16. The summed E-state index contributed by atoms with van der Waals surface area (Å²) in [6.07, 6.45) is 7.31. The number of imidazole rings is 1. The lowest BCUT2D eigenvalue weighted by molar-refractivity contribution is -0.119. The highest BCUT2D eigenvalue weighted by Crippen LogP contribution is 2.36. The van der Waals surface area contributed by atoms with Crippen molar-refractivity contribution >= 4 is 11.7 Å². The van der Waals surface area contributed by atoms with Crippen LogP contribution < -0.4 is 15.4 Å². The van der Waals surface area contributed by atoms with Crippen LogP contribution in [0, 0.1) is 0 Å². The Balaban J connectivity index is 1.54. The molecule has 2 aliphatic rings. The quantitative estimate of drug-likeness (QED) is 0.711. The first kappa shape index (κ1) is 18.7. The summed E-state index contributed by atoms with van der Waals surface area (Å²) in [5.74, 6) is 1.95. The van der Waals surface area contributed by atoms with Crippen LogP contribution in [-0.4, -0.2) is 49.4 Å². The minimum atomic E-state index is -0.314. The molecule has 30 heavy (non-hydrogen) atoms. The number of nitrogens with two attached hydrogens (primary N) is 1. The van der Waals surface area contributed by atoms with Crippen molar-refractivity contribution in [3.63, 3.8) is 0 Å². The van der Waals surface area contributed by atoms with Gasteiger partial charge in [-0.15, -0.1) is 0 Å². The molecule has 3 aromatic heterocycles. The highest BCUT2D eigenvalue weighted by molar-refractivity contribution is 5.84. The van der Waals surface area contributed by atoms with Gasteiger partial charge in [0.2, 0.25) is 5.91 Å². The first-order valence-corrected chi connectivity index (χ1v) is 10.3. The van der Waals surface area contributed by atoms with Crippen molar-refractivity contribution in [3.05, 3.63) is 30.7 Å². The van der Waals surface area contributed by atoms with E-state index in [0.29, 0.717) is 19.0 Å². The number of anilines is 1. The SMILES string of the molecule is CC(C)n1nccc1-c1cn2c(n1)-c1cnc(N3CCCC3C(N)=O)cc1OCC2. The van der Waals surface area contributed by atoms with Crippen LogP contribution in [-0.2, 0) is 11.3 Å². The van der Waals surface area contributed by atoms with Crippen LogP contribution in [0.1, 0.15) is 32.7 Å². The number of nitrogens with zero attached hydrogens (tertiary/aromatic N) is 6. The van der Waals surface area contributed by atoms with E-state index in [1.807, 2.05) is 27.9 Å². The predicted octanol–water partition coefficient (Wildman–Crippen LogP) is 2.24. The number of pyridine rings is 1. The molecular weight excluding hydrogens is 382 g/mol. The fourth-order valence-electron chi connectivity index (χ4n) is 4.31. The third kappa shape index (κ3) is 3.01. The predicted molar refractivity (Wildman–Crippen MR) is 112 cm³/mol. The molecule has 1 amide bonds. The van der Waals surface area contributed by atoms with Gasteiger partial charge in [-0.2, -0.15) is 5.10 Å². The molecule has 1 fully saturated rings. The van der Waals surface area contributed by atoms with Crippen LogP contribution in [0.5, 0.6) is 5.75 Å². The molecule has 0 spiro atoms. The molecule has 0 bridgehead atoms. The summed E-state index contributed by atoms with van der Waals surface area (Å²) in [4.78, 5) is 23.3. The zero-order valence-electron chi connectivity index (χ0n) is 17.2. The molecule has 1 saturated heterocycles. The third-order valence-corrected chi connectivity index (χ3v) is 5.76. The van der Waals surface area contributed by atoms with Crippen molar-refractivity contribution in [3.8, 4) is 28.5 Å². The fourth-order valence-corrected chi connectivity index (χ4v) is 4.31. The minimum Gasteiger partial charge on any atom is -0.491 e. The monoisotopic (exact) mass is 407 g/mol. The molecule has 156 valence electrons. The Kier molecular flexibility index (Phi) is 4.45. The summed E-state index contributed by atoms with van der Waals surface area (Å²) >= 11 is 0. The molecular formula is C21H25N7O2. The van der Waals surface area contributed by atoms with E-state index in [1.165, 1.54) is 0 Å². The Labute approximate surface area is 174 Å². The van der Waals surface area contributed by atoms with E-state index >= 15 is 0 Å². The highest BCUT2D eigenvalue weighted by atomic mass is 16.5. The number of carbonyl (C=O) groups is 1. The summed E-state index contributed by atoms with van der Waals surface area (Å²) in [5.41, 5.74) is 8.28. The lowest BCUT2D eigenvalue weighted by atomic mass is 10.2. The van der Waals surface area contributed by atoms with Crippen molar-refractivity contribution in [2.24, 2.45) is 5.73 Å². The largest absolute Gasteiger partial charge is 0.491 e. The standard InChI is InChI=1S/C21H25N7O2/c1-13(2)28-16(5-6-24-28)15-12-26-8-9-30-18-10-19(23-11-14(18)21(26)25-15)27-7-3-4-17(27)20(22)29/h5-6,10-13,17H,3-4,7-9H2,1-2H3,(H2,22,29). The van der Waals surface area contributed by atoms with Gasteiger partial charge in [-0.3, -0.25) is 9.48 Å². The van der Waals surface area contributed by atoms with Crippen LogP contribution >= 0.6 is 0 Å². The summed E-state index contributed by atoms with van der Waals surface area (Å²) in [5, 5.41) is 4.43. The Morgan fingerprint density at radius 2 is 2.20 bits per heavy atom. The number of hydrogen-bond acceptors (Lipinski definition) is 6. The number of amides is 1. The van der Waals surface area contributed by atoms with Crippen LogP contribution in [0.3, 0.4) is 0 Å². The molecule has 9 nitrogen and oxygen atoms in total. The molecule has 2 aliphatic heterocycles. The van der Waals surface area contributed by atoms with Gasteiger partial charge in [-0.05, 0) is 32.8 Å². The zero-order chi connectivity index (χ0) is 20.8. The molecule has 3 aromatic rings. The van der Waals surface area contributed by atoms with E-state index in [0.717, 1.165) is 47.9 Å². The van der Waals surface area contributed by atoms with Gasteiger partial charge in [0.1, 0.15) is 35.7 Å². The smallest absolute Gasteiger partial charge is 0.240 e. The topological polar surface area (TPSA) is 104 Å². The second-order valence-corrected chi connectivity index (χ2v) is 8.04. The Hall–Kier alpha value is -3.36. The maximum atomic E-state index is 11.8. The number of primary amides is 1. The van der Waals surface area contributed by atoms with Gasteiger partial charge in [-0.25, -0.2) is 9.97 Å². The average molecular weight is 407 g/mol. The molecule has 5 rings (SSSR count). The van der Waals surface area contributed by atoms with Crippen molar-refractivity contribution in [1.29, 1.82) is 0 Å². The first-order chi connectivity index (χ1) is 14.5. The molecule has 9 heteroatoms. The average Bonchev–Trinajstić information content (AvgIpc) is 3.45. The Bertz CT molecular complexity index is 1100. The molecule has 1 unspecified atom stereocenters. The third-order valence-electron chi connectivity index (χ3n) is 5.76. The molecule has 1 atom stereocenters. The highest BCUT2D eigenvalue weighted by Gasteiger charge is 2.31. The summed E-state index contributed by atoms with van der Waals surface area (Å²) < 4.78 is 10.1. The Morgan fingerprint density at radius 3 is 3.00 bits per heavy atom. The number of carbonyl (C=O) groups excluding carboxylic acids is 1. The van der Waals surface area contributed by atoms with Gasteiger partial charge in [0.05, 0.1) is 17.8 Å². The van der Waals surface area contributed by atoms with Gasteiger partial charge in [0.15, 0.2) is 0 Å². The molecule has 5 heterocycles. The first-order valence-electron chi connectivity index (χ1n) is 10.3.